The van der Waals surface area contributed by atoms with Crippen LogP contribution < -0.4 is 5.73 Å². The molecule has 0 saturated carbocycles. The zero-order valence-corrected chi connectivity index (χ0v) is 10.2. The van der Waals surface area contributed by atoms with Crippen molar-refractivity contribution >= 4 is 17.7 Å². The first-order chi connectivity index (χ1) is 6.95. The summed E-state index contributed by atoms with van der Waals surface area (Å²) in [5, 5.41) is 18.5. The van der Waals surface area contributed by atoms with Crippen LogP contribution in [-0.2, 0) is 4.79 Å². The monoisotopic (exact) mass is 235 g/mol. The summed E-state index contributed by atoms with van der Waals surface area (Å²) in [4.78, 5) is 10.4. The van der Waals surface area contributed by atoms with Gasteiger partial charge in [0.2, 0.25) is 0 Å². The molecule has 0 aliphatic rings. The SMILES string of the molecule is CCC(O)(CC)CSCCC(N)C(=O)O. The number of rotatable bonds is 8. The Morgan fingerprint density at radius 2 is 2.00 bits per heavy atom. The first kappa shape index (κ1) is 14.7. The molecule has 0 aromatic heterocycles. The van der Waals surface area contributed by atoms with E-state index in [1.54, 1.807) is 11.8 Å². The van der Waals surface area contributed by atoms with E-state index in [1.165, 1.54) is 0 Å². The molecule has 0 aliphatic heterocycles. The van der Waals surface area contributed by atoms with Crippen LogP contribution in [0.15, 0.2) is 0 Å². The molecule has 4 nitrogen and oxygen atoms in total. The smallest absolute Gasteiger partial charge is 0.320 e. The second-order valence-corrected chi connectivity index (χ2v) is 4.82. The minimum absolute atomic E-state index is 0.448. The van der Waals surface area contributed by atoms with Gasteiger partial charge in [0.1, 0.15) is 6.04 Å². The van der Waals surface area contributed by atoms with Crippen LogP contribution in [0.5, 0.6) is 0 Å². The number of carbonyl (C=O) groups is 1. The van der Waals surface area contributed by atoms with Crippen LogP contribution >= 0.6 is 11.8 Å². The highest BCUT2D eigenvalue weighted by molar-refractivity contribution is 7.99. The van der Waals surface area contributed by atoms with Gasteiger partial charge in [-0.25, -0.2) is 0 Å². The third kappa shape index (κ3) is 6.02. The number of thioether (sulfide) groups is 1. The summed E-state index contributed by atoms with van der Waals surface area (Å²) in [6.07, 6.45) is 1.90. The van der Waals surface area contributed by atoms with Gasteiger partial charge in [-0.15, -0.1) is 0 Å². The van der Waals surface area contributed by atoms with E-state index in [9.17, 15) is 9.90 Å². The van der Waals surface area contributed by atoms with Crippen LogP contribution in [0.3, 0.4) is 0 Å². The van der Waals surface area contributed by atoms with Crippen LogP contribution in [0.2, 0.25) is 0 Å². The maximum atomic E-state index is 10.4. The van der Waals surface area contributed by atoms with Gasteiger partial charge < -0.3 is 15.9 Å². The van der Waals surface area contributed by atoms with Gasteiger partial charge >= 0.3 is 5.97 Å². The first-order valence-corrected chi connectivity index (χ1v) is 6.39. The number of carboxylic acid groups (broad SMARTS) is 1. The summed E-state index contributed by atoms with van der Waals surface area (Å²) in [6.45, 7) is 3.90. The van der Waals surface area contributed by atoms with E-state index in [1.807, 2.05) is 13.8 Å². The molecular weight excluding hydrogens is 214 g/mol. The fourth-order valence-electron chi connectivity index (χ4n) is 1.05. The van der Waals surface area contributed by atoms with Crippen LogP contribution in [0.1, 0.15) is 33.1 Å². The highest BCUT2D eigenvalue weighted by Gasteiger charge is 2.22. The summed E-state index contributed by atoms with van der Waals surface area (Å²) in [5.74, 6) is 0.360. The Kier molecular flexibility index (Phi) is 6.96. The standard InChI is InChI=1S/C10H21NO3S/c1-3-10(14,4-2)7-15-6-5-8(11)9(12)13/h8,14H,3-7,11H2,1-2H3,(H,12,13). The van der Waals surface area contributed by atoms with E-state index < -0.39 is 17.6 Å². The van der Waals surface area contributed by atoms with Gasteiger partial charge in [0.05, 0.1) is 5.60 Å². The van der Waals surface area contributed by atoms with Gasteiger partial charge in [0.15, 0.2) is 0 Å². The fraction of sp³-hybridized carbons (Fsp3) is 0.900. The maximum Gasteiger partial charge on any atom is 0.320 e. The number of aliphatic hydroxyl groups is 1. The Balaban J connectivity index is 3.66. The largest absolute Gasteiger partial charge is 0.480 e. The molecule has 1 unspecified atom stereocenters. The van der Waals surface area contributed by atoms with E-state index in [4.69, 9.17) is 10.8 Å². The van der Waals surface area contributed by atoms with Gasteiger partial charge in [-0.05, 0) is 25.0 Å². The van der Waals surface area contributed by atoms with Crippen molar-refractivity contribution in [2.24, 2.45) is 5.73 Å². The molecule has 0 rings (SSSR count). The number of hydrogen-bond donors (Lipinski definition) is 3. The van der Waals surface area contributed by atoms with E-state index in [2.05, 4.69) is 0 Å². The zero-order chi connectivity index (χ0) is 11.9. The fourth-order valence-corrected chi connectivity index (χ4v) is 2.40. The quantitative estimate of drug-likeness (QED) is 0.548. The van der Waals surface area contributed by atoms with Gasteiger partial charge in [-0.3, -0.25) is 4.79 Å². The normalized spacial score (nSPS) is 13.9. The molecule has 15 heavy (non-hydrogen) atoms. The predicted octanol–water partition coefficient (Wildman–Crippen LogP) is 1.07. The third-order valence-corrected chi connectivity index (χ3v) is 3.84. The molecule has 0 amide bonds. The van der Waals surface area contributed by atoms with Crippen molar-refractivity contribution in [1.82, 2.24) is 0 Å². The molecule has 5 heteroatoms. The average Bonchev–Trinajstić information content (AvgIpc) is 2.23. The second kappa shape index (κ2) is 7.09. The lowest BCUT2D eigenvalue weighted by molar-refractivity contribution is -0.138. The zero-order valence-electron chi connectivity index (χ0n) is 9.40. The number of nitrogens with two attached hydrogens (primary N) is 1. The molecule has 0 aliphatic carbocycles. The Morgan fingerprint density at radius 1 is 1.47 bits per heavy atom. The van der Waals surface area contributed by atoms with Gasteiger partial charge in [0.25, 0.3) is 0 Å². The van der Waals surface area contributed by atoms with Crippen LogP contribution in [0.4, 0.5) is 0 Å². The molecule has 0 heterocycles. The van der Waals surface area contributed by atoms with Crippen LogP contribution in [0.25, 0.3) is 0 Å². The Bertz CT molecular complexity index is 195. The Hall–Kier alpha value is -0.260. The number of aliphatic carboxylic acids is 1. The van der Waals surface area contributed by atoms with Crippen molar-refractivity contribution in [1.29, 1.82) is 0 Å². The van der Waals surface area contributed by atoms with Gasteiger partial charge in [-0.2, -0.15) is 11.8 Å². The van der Waals surface area contributed by atoms with Crippen molar-refractivity contribution in [2.45, 2.75) is 44.8 Å². The van der Waals surface area contributed by atoms with Gasteiger partial charge in [0, 0.05) is 5.75 Å². The Labute approximate surface area is 95.2 Å². The van der Waals surface area contributed by atoms with Crippen LogP contribution in [0, 0.1) is 0 Å². The van der Waals surface area contributed by atoms with Crippen molar-refractivity contribution in [2.75, 3.05) is 11.5 Å². The molecule has 0 radical (unpaired) electrons. The average molecular weight is 235 g/mol. The van der Waals surface area contributed by atoms with E-state index in [-0.39, 0.29) is 0 Å². The molecule has 0 saturated heterocycles. The highest BCUT2D eigenvalue weighted by Crippen LogP contribution is 2.21. The lowest BCUT2D eigenvalue weighted by atomic mass is 10.0. The van der Waals surface area contributed by atoms with E-state index in [0.29, 0.717) is 17.9 Å². The molecular formula is C10H21NO3S. The minimum atomic E-state index is -0.961. The second-order valence-electron chi connectivity index (χ2n) is 3.72. The summed E-state index contributed by atoms with van der Waals surface area (Å²) in [7, 11) is 0. The molecule has 0 bridgehead atoms. The number of carboxylic acids is 1. The number of hydrogen-bond acceptors (Lipinski definition) is 4. The van der Waals surface area contributed by atoms with Crippen molar-refractivity contribution in [3.05, 3.63) is 0 Å². The lowest BCUT2D eigenvalue weighted by Gasteiger charge is -2.24. The van der Waals surface area contributed by atoms with Crippen molar-refractivity contribution in [3.8, 4) is 0 Å². The Morgan fingerprint density at radius 3 is 2.40 bits per heavy atom. The summed E-state index contributed by atoms with van der Waals surface area (Å²) in [6, 6.07) is -0.783. The van der Waals surface area contributed by atoms with Crippen molar-refractivity contribution < 1.29 is 15.0 Å². The topological polar surface area (TPSA) is 83.5 Å². The first-order valence-electron chi connectivity index (χ1n) is 5.23. The molecule has 0 fully saturated rings. The van der Waals surface area contributed by atoms with Crippen LogP contribution in [-0.4, -0.2) is 39.3 Å². The minimum Gasteiger partial charge on any atom is -0.480 e. The van der Waals surface area contributed by atoms with E-state index in [0.717, 1.165) is 12.8 Å². The molecule has 90 valence electrons. The third-order valence-electron chi connectivity index (χ3n) is 2.58. The highest BCUT2D eigenvalue weighted by atomic mass is 32.2. The predicted molar refractivity (Wildman–Crippen MR) is 63.1 cm³/mol. The van der Waals surface area contributed by atoms with Crippen molar-refractivity contribution in [3.63, 3.8) is 0 Å². The molecule has 0 spiro atoms. The molecule has 4 N–H and O–H groups in total. The summed E-state index contributed by atoms with van der Waals surface area (Å²) < 4.78 is 0. The molecule has 0 aromatic rings. The summed E-state index contributed by atoms with van der Waals surface area (Å²) in [5.41, 5.74) is 4.74. The molecule has 0 aromatic carbocycles. The van der Waals surface area contributed by atoms with Gasteiger partial charge in [-0.1, -0.05) is 13.8 Å². The van der Waals surface area contributed by atoms with E-state index >= 15 is 0 Å². The maximum absolute atomic E-state index is 10.4. The molecule has 1 atom stereocenters. The lowest BCUT2D eigenvalue weighted by Crippen LogP contribution is -2.32. The summed E-state index contributed by atoms with van der Waals surface area (Å²) >= 11 is 1.56.